The number of nitrogens with zero attached hydrogens (tertiary/aromatic N) is 2. The Labute approximate surface area is 124 Å². The molecule has 7 nitrogen and oxygen atoms in total. The number of nitrogens with one attached hydrogen (secondary N) is 1. The summed E-state index contributed by atoms with van der Waals surface area (Å²) in [6, 6.07) is 1.77. The zero-order chi connectivity index (χ0) is 14.9. The third kappa shape index (κ3) is 3.45. The quantitative estimate of drug-likeness (QED) is 0.811. The highest BCUT2D eigenvalue weighted by Crippen LogP contribution is 2.40. The smallest absolute Gasteiger partial charge is 0.280 e. The van der Waals surface area contributed by atoms with Gasteiger partial charge < -0.3 is 9.26 Å². The lowest BCUT2D eigenvalue weighted by Crippen LogP contribution is -2.44. The minimum atomic E-state index is -3.50. The topological polar surface area (TPSA) is 84.7 Å². The number of ether oxygens (including phenoxy) is 1. The molecular weight excluding hydrogens is 294 g/mol. The van der Waals surface area contributed by atoms with Crippen molar-refractivity contribution in [2.24, 2.45) is 0 Å². The SMILES string of the molecule is COCC1CCCN1S(=O)(=O)NCc1cc(C2CC2)on1. The fraction of sp³-hybridized carbons (Fsp3) is 0.769. The van der Waals surface area contributed by atoms with E-state index in [0.717, 1.165) is 31.4 Å². The molecule has 0 spiro atoms. The minimum absolute atomic E-state index is 0.0770. The van der Waals surface area contributed by atoms with E-state index in [0.29, 0.717) is 24.8 Å². The van der Waals surface area contributed by atoms with Crippen LogP contribution in [0.4, 0.5) is 0 Å². The summed E-state index contributed by atoms with van der Waals surface area (Å²) in [6.07, 6.45) is 3.97. The Hall–Kier alpha value is -0.960. The average molecular weight is 315 g/mol. The molecule has 0 amide bonds. The van der Waals surface area contributed by atoms with E-state index in [1.165, 1.54) is 4.31 Å². The number of hydrogen-bond acceptors (Lipinski definition) is 5. The highest BCUT2D eigenvalue weighted by molar-refractivity contribution is 7.87. The lowest BCUT2D eigenvalue weighted by Gasteiger charge is -2.23. The van der Waals surface area contributed by atoms with Gasteiger partial charge in [-0.1, -0.05) is 5.16 Å². The van der Waals surface area contributed by atoms with Gasteiger partial charge in [-0.25, -0.2) is 0 Å². The van der Waals surface area contributed by atoms with Crippen LogP contribution < -0.4 is 4.72 Å². The molecule has 1 aromatic heterocycles. The predicted octanol–water partition coefficient (Wildman–Crippen LogP) is 0.997. The molecule has 2 heterocycles. The molecule has 21 heavy (non-hydrogen) atoms. The van der Waals surface area contributed by atoms with Gasteiger partial charge in [0.25, 0.3) is 10.2 Å². The average Bonchev–Trinajstić information content (AvgIpc) is 3.01. The Bertz CT molecular complexity index is 582. The summed E-state index contributed by atoms with van der Waals surface area (Å²) in [5.74, 6) is 1.34. The number of hydrogen-bond donors (Lipinski definition) is 1. The first-order valence-electron chi connectivity index (χ1n) is 7.31. The van der Waals surface area contributed by atoms with Crippen molar-refractivity contribution in [2.75, 3.05) is 20.3 Å². The van der Waals surface area contributed by atoms with Crippen LogP contribution in [0.15, 0.2) is 10.6 Å². The van der Waals surface area contributed by atoms with E-state index in [1.807, 2.05) is 6.07 Å². The largest absolute Gasteiger partial charge is 0.383 e. The van der Waals surface area contributed by atoms with Gasteiger partial charge in [0, 0.05) is 31.7 Å². The molecular formula is C13H21N3O4S. The van der Waals surface area contributed by atoms with Gasteiger partial charge in [-0.05, 0) is 25.7 Å². The van der Waals surface area contributed by atoms with E-state index in [-0.39, 0.29) is 12.6 Å². The fourth-order valence-corrected chi connectivity index (χ4v) is 4.13. The van der Waals surface area contributed by atoms with Crippen LogP contribution in [0.3, 0.4) is 0 Å². The molecule has 2 fully saturated rings. The zero-order valence-corrected chi connectivity index (χ0v) is 12.9. The van der Waals surface area contributed by atoms with Gasteiger partial charge in [-0.2, -0.15) is 17.4 Å². The number of aromatic nitrogens is 1. The highest BCUT2D eigenvalue weighted by atomic mass is 32.2. The van der Waals surface area contributed by atoms with Crippen molar-refractivity contribution in [3.05, 3.63) is 17.5 Å². The summed E-state index contributed by atoms with van der Waals surface area (Å²) in [6.45, 7) is 1.13. The third-order valence-corrected chi connectivity index (χ3v) is 5.59. The lowest BCUT2D eigenvalue weighted by molar-refractivity contribution is 0.148. The molecule has 1 atom stereocenters. The Morgan fingerprint density at radius 2 is 2.29 bits per heavy atom. The molecule has 1 N–H and O–H groups in total. The van der Waals surface area contributed by atoms with Gasteiger partial charge in [-0.3, -0.25) is 0 Å². The van der Waals surface area contributed by atoms with E-state index in [9.17, 15) is 8.42 Å². The second-order valence-corrected chi connectivity index (χ2v) is 7.39. The first-order chi connectivity index (χ1) is 10.1. The van der Waals surface area contributed by atoms with Crippen LogP contribution in [0.25, 0.3) is 0 Å². The molecule has 1 saturated heterocycles. The molecule has 0 bridgehead atoms. The third-order valence-electron chi connectivity index (χ3n) is 3.98. The molecule has 2 aliphatic rings. The van der Waals surface area contributed by atoms with Crippen molar-refractivity contribution < 1.29 is 17.7 Å². The Morgan fingerprint density at radius 3 is 3.00 bits per heavy atom. The van der Waals surface area contributed by atoms with Crippen molar-refractivity contribution >= 4 is 10.2 Å². The van der Waals surface area contributed by atoms with E-state index in [2.05, 4.69) is 9.88 Å². The van der Waals surface area contributed by atoms with Crippen molar-refractivity contribution in [3.8, 4) is 0 Å². The van der Waals surface area contributed by atoms with Gasteiger partial charge in [0.2, 0.25) is 0 Å². The van der Waals surface area contributed by atoms with Gasteiger partial charge in [0.05, 0.1) is 18.8 Å². The summed E-state index contributed by atoms with van der Waals surface area (Å²) in [4.78, 5) is 0. The van der Waals surface area contributed by atoms with E-state index in [4.69, 9.17) is 9.26 Å². The molecule has 3 rings (SSSR count). The summed E-state index contributed by atoms with van der Waals surface area (Å²) in [5, 5.41) is 3.92. The van der Waals surface area contributed by atoms with Gasteiger partial charge in [0.15, 0.2) is 0 Å². The molecule has 1 saturated carbocycles. The summed E-state index contributed by atoms with van der Waals surface area (Å²) in [5.41, 5.74) is 0.628. The summed E-state index contributed by atoms with van der Waals surface area (Å²) >= 11 is 0. The summed E-state index contributed by atoms with van der Waals surface area (Å²) in [7, 11) is -1.91. The lowest BCUT2D eigenvalue weighted by atomic mass is 10.2. The maximum Gasteiger partial charge on any atom is 0.280 e. The van der Waals surface area contributed by atoms with Crippen LogP contribution in [-0.4, -0.2) is 44.2 Å². The van der Waals surface area contributed by atoms with Crippen molar-refractivity contribution in [3.63, 3.8) is 0 Å². The van der Waals surface area contributed by atoms with Crippen LogP contribution in [0.5, 0.6) is 0 Å². The second kappa shape index (κ2) is 6.04. The van der Waals surface area contributed by atoms with E-state index in [1.54, 1.807) is 7.11 Å². The van der Waals surface area contributed by atoms with Crippen molar-refractivity contribution in [1.82, 2.24) is 14.2 Å². The monoisotopic (exact) mass is 315 g/mol. The maximum absolute atomic E-state index is 12.3. The molecule has 1 aliphatic heterocycles. The van der Waals surface area contributed by atoms with Gasteiger partial charge >= 0.3 is 0 Å². The molecule has 1 aliphatic carbocycles. The minimum Gasteiger partial charge on any atom is -0.383 e. The highest BCUT2D eigenvalue weighted by Gasteiger charge is 2.34. The van der Waals surface area contributed by atoms with Crippen LogP contribution in [0.1, 0.15) is 43.1 Å². The molecule has 1 aromatic rings. The van der Waals surface area contributed by atoms with Crippen LogP contribution in [-0.2, 0) is 21.5 Å². The summed E-state index contributed by atoms with van der Waals surface area (Å²) < 4.78 is 39.1. The molecule has 1 unspecified atom stereocenters. The number of methoxy groups -OCH3 is 1. The van der Waals surface area contributed by atoms with Crippen molar-refractivity contribution in [2.45, 2.75) is 44.2 Å². The van der Waals surface area contributed by atoms with Gasteiger partial charge in [0.1, 0.15) is 5.76 Å². The van der Waals surface area contributed by atoms with Crippen LogP contribution in [0, 0.1) is 0 Å². The first-order valence-corrected chi connectivity index (χ1v) is 8.75. The van der Waals surface area contributed by atoms with E-state index >= 15 is 0 Å². The predicted molar refractivity (Wildman–Crippen MR) is 75.8 cm³/mol. The van der Waals surface area contributed by atoms with Crippen LogP contribution >= 0.6 is 0 Å². The number of rotatable bonds is 7. The Kier molecular flexibility index (Phi) is 4.30. The van der Waals surface area contributed by atoms with Crippen molar-refractivity contribution in [1.29, 1.82) is 0 Å². The van der Waals surface area contributed by atoms with E-state index < -0.39 is 10.2 Å². The molecule has 8 heteroatoms. The zero-order valence-electron chi connectivity index (χ0n) is 12.1. The molecule has 118 valence electrons. The van der Waals surface area contributed by atoms with Crippen LogP contribution in [0.2, 0.25) is 0 Å². The maximum atomic E-state index is 12.3. The Balaban J connectivity index is 1.59. The molecule has 0 aromatic carbocycles. The Morgan fingerprint density at radius 1 is 1.48 bits per heavy atom. The molecule has 0 radical (unpaired) electrons. The fourth-order valence-electron chi connectivity index (χ4n) is 2.70. The first kappa shape index (κ1) is 15.0. The second-order valence-electron chi connectivity index (χ2n) is 5.68. The normalized spacial score (nSPS) is 23.8. The van der Waals surface area contributed by atoms with Gasteiger partial charge in [-0.15, -0.1) is 0 Å². The standard InChI is InChI=1S/C13H21N3O4S/c1-19-9-12-3-2-6-16(12)21(17,18)14-8-11-7-13(20-15-11)10-4-5-10/h7,10,12,14H,2-6,8-9H2,1H3.